The lowest BCUT2D eigenvalue weighted by atomic mass is 9.84. The minimum atomic E-state index is -1.18. The van der Waals surface area contributed by atoms with Crippen molar-refractivity contribution in [3.8, 4) is 77.9 Å². The molecule has 0 aliphatic heterocycles. The van der Waals surface area contributed by atoms with Gasteiger partial charge in [-0.15, -0.1) is 0 Å². The van der Waals surface area contributed by atoms with Crippen LogP contribution in [0, 0.1) is 0 Å². The molecule has 0 radical (unpaired) electrons. The highest BCUT2D eigenvalue weighted by molar-refractivity contribution is 6.26. The minimum Gasteiger partial charge on any atom is -0.456 e. The Balaban J connectivity index is 0.000000195. The third kappa shape index (κ3) is 8.87. The van der Waals surface area contributed by atoms with Crippen LogP contribution in [0.15, 0.2) is 347 Å². The molecule has 428 valence electrons. The average Bonchev–Trinajstić information content (AvgIpc) is 0.770. The third-order valence-electron chi connectivity index (χ3n) is 14.8. The van der Waals surface area contributed by atoms with Gasteiger partial charge in [-0.1, -0.05) is 284 Å². The van der Waals surface area contributed by atoms with Gasteiger partial charge < -0.3 is 8.83 Å². The summed E-state index contributed by atoms with van der Waals surface area (Å²) in [4.78, 5) is 0. The summed E-state index contributed by atoms with van der Waals surface area (Å²) < 4.78 is 515. The normalized spacial score (nSPS) is 20.2. The summed E-state index contributed by atoms with van der Waals surface area (Å²) in [6.07, 6.45) is 0. The zero-order valence-electron chi connectivity index (χ0n) is 102. The quantitative estimate of drug-likeness (QED) is 0.149. The fourth-order valence-corrected chi connectivity index (χ4v) is 10.9. The van der Waals surface area contributed by atoms with Gasteiger partial charge >= 0.3 is 0 Å². The first kappa shape index (κ1) is 21.3. The molecule has 0 aliphatic rings. The molecule has 0 N–H and O–H groups in total. The molecule has 0 bridgehead atoms. The van der Waals surface area contributed by atoms with Gasteiger partial charge in [-0.25, -0.2) is 0 Å². The van der Waals surface area contributed by atoms with E-state index in [4.69, 9.17) is 59.6 Å². The van der Waals surface area contributed by atoms with E-state index in [0.717, 1.165) is 0 Å². The highest BCUT2D eigenvalue weighted by atomic mass is 16.3. The SMILES string of the molecule is [2H]c1c([2H])c([2H])c(-c2c([2H])c(-c3c([2H])c([2H])c([2H])c([2H])c3[2H])c([2H])c(-c3c4c([2H])c([2H])c([2H])c([2H])c4c(-c4c([2H])c([2H])c5oc6c([2H])c([2H])c7c([2H])c([2H])c([2H])c([2H])c7c6c5c4[2H])c4c([2H])c([2H])c([2H])c([2H])c34)c2[2H])c([2H])c1[2H].[2H]c1c([2H])c([2H])c(-c2c([2H])c([2H])c(-c3c4c([2H])c([2H])c([2H])c([2H])c4c(-c4c([2H])c([2H])c5oc6c([2H])c([2H])c7c([2H])c([2H])c([2H])c([2H])c7c6c5c4[2H])c4c([2H])c([2H])c([2H])c([2H])c34)c([2H])c2[2H])c([2H])c1[2H]. The predicted molar refractivity (Wildman–Crippen MR) is 391 cm³/mol. The molecule has 19 rings (SSSR count). The molecule has 19 aromatic rings. The van der Waals surface area contributed by atoms with Crippen molar-refractivity contribution < 1.29 is 85.6 Å². The second-order valence-electron chi connectivity index (χ2n) is 19.8. The number of furan rings is 2. The van der Waals surface area contributed by atoms with Gasteiger partial charge in [0.05, 0.1) is 76.8 Å². The summed E-state index contributed by atoms with van der Waals surface area (Å²) in [5, 5.41) is -10.0. The van der Waals surface area contributed by atoms with Crippen LogP contribution in [0.5, 0.6) is 0 Å². The lowest BCUT2D eigenvalue weighted by Crippen LogP contribution is -1.92. The molecule has 2 heteroatoms. The number of rotatable bonds is 7. The molecule has 0 saturated heterocycles. The van der Waals surface area contributed by atoms with E-state index in [1.807, 2.05) is 0 Å². The van der Waals surface area contributed by atoms with E-state index in [2.05, 4.69) is 0 Å². The predicted octanol–water partition coefficient (Wildman–Crippen LogP) is 25.8. The van der Waals surface area contributed by atoms with Crippen molar-refractivity contribution in [1.29, 1.82) is 0 Å². The second kappa shape index (κ2) is 21.9. The van der Waals surface area contributed by atoms with Crippen molar-refractivity contribution in [3.05, 3.63) is 338 Å². The van der Waals surface area contributed by atoms with Crippen LogP contribution in [0.3, 0.4) is 0 Å². The minimum absolute atomic E-state index is 0.385. The maximum atomic E-state index is 9.97. The average molecular weight is 1230 g/mol. The molecule has 0 saturated carbocycles. The second-order valence-corrected chi connectivity index (χ2v) is 19.8. The first-order valence-corrected chi connectivity index (χ1v) is 27.1. The van der Waals surface area contributed by atoms with Crippen molar-refractivity contribution in [1.82, 2.24) is 0 Å². The Hall–Kier alpha value is -12.1. The molecule has 0 spiro atoms. The summed E-state index contributed by atoms with van der Waals surface area (Å²) in [6, 6.07) is -53.4. The zero-order chi connectivity index (χ0) is 109. The molecule has 0 unspecified atom stereocenters. The van der Waals surface area contributed by atoms with E-state index in [0.29, 0.717) is 0 Å². The maximum absolute atomic E-state index is 9.97. The van der Waals surface area contributed by atoms with E-state index in [-0.39, 0.29) is 5.39 Å². The van der Waals surface area contributed by atoms with Crippen molar-refractivity contribution >= 4 is 109 Å². The molecule has 0 aliphatic carbocycles. The summed E-state index contributed by atoms with van der Waals surface area (Å²) in [5.74, 6) is 0. The van der Waals surface area contributed by atoms with E-state index in [1.165, 1.54) is 0 Å². The Labute approximate surface area is 610 Å². The summed E-state index contributed by atoms with van der Waals surface area (Å²) in [5.41, 5.74) is -14.2. The van der Waals surface area contributed by atoms with Gasteiger partial charge in [0.25, 0.3) is 0 Å². The standard InChI is InChI=1S/C48H30O.C42H26O/c1-3-13-31(14-4-1)35-27-36(32-15-5-2-6-16-32)29-37(28-35)47-41-21-11-9-19-39(41)46(40-20-10-12-22-42(40)47)34-24-25-44-43(30-34)48-38-18-8-7-17-33(38)23-26-45(48)49-44;1-2-10-27(11-3-1)28-18-20-30(21-19-28)40-33-14-6-8-16-35(33)41(36-17-9-7-15-34(36)40)31-23-24-38-37(26-31)42-32-13-5-4-12-29(32)22-25-39(42)43-38/h1-30H;1-26H/i1D,2D,3D,4D,5D,6D,7D,8D,9D,10D,11D,12D,13D,14D,15D,16D,17D,18D,19D,20D,21D,22D,23D,24D,25D,26D,27D,28D,29D,30D;1D,2D,3D,4D,5D,6D,7D,8D,9D,10D,11D,12D,13D,14D,15D,16D,17D,18D,19D,20D,21D,22D,23D,24D,25D,26D. The molecule has 2 aromatic heterocycles. The highest BCUT2D eigenvalue weighted by Gasteiger charge is 2.22. The number of hydrogen-bond donors (Lipinski definition) is 0. The first-order valence-electron chi connectivity index (χ1n) is 55.1. The van der Waals surface area contributed by atoms with Gasteiger partial charge in [-0.3, -0.25) is 0 Å². The summed E-state index contributed by atoms with van der Waals surface area (Å²) in [7, 11) is 0. The Bertz CT molecular complexity index is 9280. The number of benzene rings is 17. The largest absolute Gasteiger partial charge is 0.456 e. The number of hydrogen-bond acceptors (Lipinski definition) is 2. The van der Waals surface area contributed by atoms with Gasteiger partial charge in [0.1, 0.15) is 22.3 Å². The topological polar surface area (TPSA) is 26.3 Å². The summed E-state index contributed by atoms with van der Waals surface area (Å²) in [6.45, 7) is 0. The van der Waals surface area contributed by atoms with Crippen molar-refractivity contribution in [2.45, 2.75) is 0 Å². The van der Waals surface area contributed by atoms with E-state index in [1.54, 1.807) is 0 Å². The molecule has 0 atom stereocenters. The van der Waals surface area contributed by atoms with Gasteiger partial charge in [-0.2, -0.15) is 0 Å². The smallest absolute Gasteiger partial charge is 0.136 e. The molecule has 17 aromatic carbocycles. The molecule has 92 heavy (non-hydrogen) atoms. The maximum Gasteiger partial charge on any atom is 0.136 e. The zero-order valence-corrected chi connectivity index (χ0v) is 45.8. The Kier molecular flexibility index (Phi) is 5.06. The molecular formula is C90H56O2. The van der Waals surface area contributed by atoms with Crippen molar-refractivity contribution in [3.63, 3.8) is 0 Å². The number of fused-ring (bicyclic) bond motifs is 14. The van der Waals surface area contributed by atoms with Crippen LogP contribution in [-0.4, -0.2) is 0 Å². The van der Waals surface area contributed by atoms with Crippen LogP contribution in [-0.2, 0) is 0 Å². The first-order chi connectivity index (χ1) is 69.0. The van der Waals surface area contributed by atoms with Gasteiger partial charge in [0.2, 0.25) is 0 Å². The van der Waals surface area contributed by atoms with Crippen LogP contribution < -0.4 is 0 Å². The summed E-state index contributed by atoms with van der Waals surface area (Å²) >= 11 is 0. The molecule has 0 amide bonds. The third-order valence-corrected chi connectivity index (χ3v) is 14.8. The van der Waals surface area contributed by atoms with Crippen LogP contribution >= 0.6 is 0 Å². The molecule has 2 nitrogen and oxygen atoms in total. The fraction of sp³-hybridized carbons (Fsp3) is 0. The van der Waals surface area contributed by atoms with Crippen molar-refractivity contribution in [2.24, 2.45) is 0 Å². The monoisotopic (exact) mass is 1220 g/mol. The van der Waals surface area contributed by atoms with Gasteiger partial charge in [-0.05, 0) is 197 Å². The van der Waals surface area contributed by atoms with E-state index < -0.39 is 519 Å². The van der Waals surface area contributed by atoms with Crippen molar-refractivity contribution in [2.75, 3.05) is 0 Å². The van der Waals surface area contributed by atoms with Crippen LogP contribution in [0.4, 0.5) is 0 Å². The highest BCUT2D eigenvalue weighted by Crippen LogP contribution is 2.49. The molecule has 0 fully saturated rings. The van der Waals surface area contributed by atoms with E-state index in [9.17, 15) is 26.0 Å². The molecular weight excluding hydrogens is 1110 g/mol. The lowest BCUT2D eigenvalue weighted by Gasteiger charge is -2.19. The fourth-order valence-electron chi connectivity index (χ4n) is 10.9. The Morgan fingerprint density at radius 3 is 0.804 bits per heavy atom. The van der Waals surface area contributed by atoms with Gasteiger partial charge in [0, 0.05) is 21.5 Å². The Morgan fingerprint density at radius 2 is 0.424 bits per heavy atom. The van der Waals surface area contributed by atoms with Gasteiger partial charge in [0.15, 0.2) is 0 Å². The van der Waals surface area contributed by atoms with Crippen LogP contribution in [0.1, 0.15) is 76.8 Å². The lowest BCUT2D eigenvalue weighted by molar-refractivity contribution is 0.669. The van der Waals surface area contributed by atoms with Crippen LogP contribution in [0.2, 0.25) is 0 Å². The van der Waals surface area contributed by atoms with Crippen LogP contribution in [0.25, 0.3) is 186 Å². The Morgan fingerprint density at radius 1 is 0.163 bits per heavy atom. The molecule has 2 heterocycles. The van der Waals surface area contributed by atoms with E-state index >= 15 is 0 Å².